The number of ether oxygens (including phenoxy) is 1. The highest BCUT2D eigenvalue weighted by Crippen LogP contribution is 2.26. The van der Waals surface area contributed by atoms with Crippen molar-refractivity contribution in [3.63, 3.8) is 0 Å². The molecule has 4 rings (SSSR count). The molecule has 1 aromatic carbocycles. The van der Waals surface area contributed by atoms with E-state index in [2.05, 4.69) is 41.4 Å². The van der Waals surface area contributed by atoms with Crippen LogP contribution >= 0.6 is 0 Å². The Kier molecular flexibility index (Phi) is 3.67. The SMILES string of the molecule is Cc1cccc(Cn2nc([C@@H]3CCOC3)nc2-c2cn[nH]c2)c1. The summed E-state index contributed by atoms with van der Waals surface area (Å²) in [7, 11) is 0. The first-order chi connectivity index (χ1) is 11.3. The van der Waals surface area contributed by atoms with E-state index in [1.54, 1.807) is 6.20 Å². The number of benzene rings is 1. The van der Waals surface area contributed by atoms with E-state index in [1.807, 2.05) is 10.9 Å². The molecule has 6 nitrogen and oxygen atoms in total. The highest BCUT2D eigenvalue weighted by Gasteiger charge is 2.24. The fourth-order valence-electron chi connectivity index (χ4n) is 2.95. The summed E-state index contributed by atoms with van der Waals surface area (Å²) in [6.07, 6.45) is 4.62. The van der Waals surface area contributed by atoms with E-state index in [1.165, 1.54) is 11.1 Å². The molecule has 0 amide bonds. The molecule has 0 aliphatic carbocycles. The highest BCUT2D eigenvalue weighted by molar-refractivity contribution is 5.52. The molecule has 2 aromatic heterocycles. The quantitative estimate of drug-likeness (QED) is 0.804. The average Bonchev–Trinajstić information content (AvgIpc) is 3.28. The lowest BCUT2D eigenvalue weighted by molar-refractivity contribution is 0.193. The Morgan fingerprint density at radius 3 is 3.09 bits per heavy atom. The molecular formula is C17H19N5O. The van der Waals surface area contributed by atoms with Crippen LogP contribution in [-0.4, -0.2) is 38.2 Å². The summed E-state index contributed by atoms with van der Waals surface area (Å²) in [5, 5.41) is 11.6. The summed E-state index contributed by atoms with van der Waals surface area (Å²) in [5.74, 6) is 2.01. The van der Waals surface area contributed by atoms with Crippen LogP contribution in [0.3, 0.4) is 0 Å². The molecule has 0 saturated carbocycles. The van der Waals surface area contributed by atoms with Gasteiger partial charge in [-0.25, -0.2) is 9.67 Å². The first kappa shape index (κ1) is 14.1. The van der Waals surface area contributed by atoms with Gasteiger partial charge in [-0.3, -0.25) is 5.10 Å². The number of nitrogens with zero attached hydrogens (tertiary/aromatic N) is 4. The second-order valence-corrected chi connectivity index (χ2v) is 5.99. The van der Waals surface area contributed by atoms with E-state index in [4.69, 9.17) is 14.8 Å². The zero-order chi connectivity index (χ0) is 15.6. The summed E-state index contributed by atoms with van der Waals surface area (Å²) in [6, 6.07) is 8.47. The van der Waals surface area contributed by atoms with Crippen molar-refractivity contribution >= 4 is 0 Å². The van der Waals surface area contributed by atoms with Gasteiger partial charge in [-0.15, -0.1) is 0 Å². The minimum Gasteiger partial charge on any atom is -0.381 e. The molecule has 6 heteroatoms. The Labute approximate surface area is 134 Å². The molecule has 3 aromatic rings. The number of aryl methyl sites for hydroxylation is 1. The lowest BCUT2D eigenvalue weighted by atomic mass is 10.1. The number of aromatic nitrogens is 5. The number of aromatic amines is 1. The molecule has 0 spiro atoms. The number of hydrogen-bond acceptors (Lipinski definition) is 4. The van der Waals surface area contributed by atoms with Crippen LogP contribution in [0.5, 0.6) is 0 Å². The van der Waals surface area contributed by atoms with Crippen LogP contribution in [0.1, 0.15) is 29.3 Å². The van der Waals surface area contributed by atoms with Crippen molar-refractivity contribution in [1.29, 1.82) is 0 Å². The van der Waals surface area contributed by atoms with E-state index in [9.17, 15) is 0 Å². The number of hydrogen-bond donors (Lipinski definition) is 1. The van der Waals surface area contributed by atoms with Gasteiger partial charge in [0.1, 0.15) is 0 Å². The Hall–Kier alpha value is -2.47. The van der Waals surface area contributed by atoms with Crippen molar-refractivity contribution in [2.45, 2.75) is 25.8 Å². The fraction of sp³-hybridized carbons (Fsp3) is 0.353. The molecule has 0 radical (unpaired) electrons. The Bertz CT molecular complexity index is 787. The minimum atomic E-state index is 0.291. The van der Waals surface area contributed by atoms with Crippen molar-refractivity contribution < 1.29 is 4.74 Å². The minimum absolute atomic E-state index is 0.291. The first-order valence-corrected chi connectivity index (χ1v) is 7.87. The summed E-state index contributed by atoms with van der Waals surface area (Å²) in [4.78, 5) is 4.77. The summed E-state index contributed by atoms with van der Waals surface area (Å²) in [5.41, 5.74) is 3.42. The predicted molar refractivity (Wildman–Crippen MR) is 86.1 cm³/mol. The van der Waals surface area contributed by atoms with Crippen molar-refractivity contribution in [3.05, 3.63) is 53.6 Å². The zero-order valence-corrected chi connectivity index (χ0v) is 13.1. The van der Waals surface area contributed by atoms with Crippen molar-refractivity contribution in [1.82, 2.24) is 25.0 Å². The summed E-state index contributed by atoms with van der Waals surface area (Å²) >= 11 is 0. The maximum atomic E-state index is 5.48. The maximum Gasteiger partial charge on any atom is 0.161 e. The lowest BCUT2D eigenvalue weighted by Gasteiger charge is -2.05. The first-order valence-electron chi connectivity index (χ1n) is 7.87. The van der Waals surface area contributed by atoms with Crippen LogP contribution in [0.4, 0.5) is 0 Å². The standard InChI is InChI=1S/C17H19N5O/c1-12-3-2-4-13(7-12)10-22-17(15-8-18-19-9-15)20-16(21-22)14-5-6-23-11-14/h2-4,7-9,14H,5-6,10-11H2,1H3,(H,18,19)/t14-/m1/s1. The lowest BCUT2D eigenvalue weighted by Crippen LogP contribution is -2.06. The van der Waals surface area contributed by atoms with Gasteiger partial charge in [0.25, 0.3) is 0 Å². The summed E-state index contributed by atoms with van der Waals surface area (Å²) < 4.78 is 7.44. The molecule has 3 heterocycles. The second-order valence-electron chi connectivity index (χ2n) is 5.99. The molecule has 1 aliphatic rings. The normalized spacial score (nSPS) is 17.7. The number of H-pyrrole nitrogens is 1. The van der Waals surface area contributed by atoms with Gasteiger partial charge in [-0.05, 0) is 18.9 Å². The Balaban J connectivity index is 1.71. The van der Waals surface area contributed by atoms with Gasteiger partial charge < -0.3 is 4.74 Å². The van der Waals surface area contributed by atoms with Gasteiger partial charge in [-0.2, -0.15) is 10.2 Å². The average molecular weight is 309 g/mol. The van der Waals surface area contributed by atoms with E-state index >= 15 is 0 Å². The van der Waals surface area contributed by atoms with Crippen LogP contribution in [0, 0.1) is 6.92 Å². The van der Waals surface area contributed by atoms with Gasteiger partial charge in [0.05, 0.1) is 24.9 Å². The molecule has 0 unspecified atom stereocenters. The van der Waals surface area contributed by atoms with Gasteiger partial charge in [0.15, 0.2) is 11.6 Å². The van der Waals surface area contributed by atoms with E-state index < -0.39 is 0 Å². The molecule has 1 N–H and O–H groups in total. The van der Waals surface area contributed by atoms with Crippen molar-refractivity contribution in [2.75, 3.05) is 13.2 Å². The Morgan fingerprint density at radius 1 is 1.39 bits per heavy atom. The van der Waals surface area contributed by atoms with Gasteiger partial charge >= 0.3 is 0 Å². The second kappa shape index (κ2) is 5.96. The topological polar surface area (TPSA) is 68.6 Å². The third-order valence-electron chi connectivity index (χ3n) is 4.15. The molecule has 23 heavy (non-hydrogen) atoms. The molecule has 1 saturated heterocycles. The van der Waals surface area contributed by atoms with Crippen LogP contribution < -0.4 is 0 Å². The van der Waals surface area contributed by atoms with Gasteiger partial charge in [0.2, 0.25) is 0 Å². The maximum absolute atomic E-state index is 5.48. The summed E-state index contributed by atoms with van der Waals surface area (Å²) in [6.45, 7) is 4.29. The largest absolute Gasteiger partial charge is 0.381 e. The number of nitrogens with one attached hydrogen (secondary N) is 1. The molecular weight excluding hydrogens is 290 g/mol. The van der Waals surface area contributed by atoms with Crippen molar-refractivity contribution in [2.24, 2.45) is 0 Å². The predicted octanol–water partition coefficient (Wildman–Crippen LogP) is 2.53. The van der Waals surface area contributed by atoms with Crippen LogP contribution in [0.25, 0.3) is 11.4 Å². The van der Waals surface area contributed by atoms with Crippen LogP contribution in [0.2, 0.25) is 0 Å². The molecule has 1 atom stereocenters. The molecule has 118 valence electrons. The smallest absolute Gasteiger partial charge is 0.161 e. The molecule has 1 fully saturated rings. The molecule has 0 bridgehead atoms. The monoisotopic (exact) mass is 309 g/mol. The van der Waals surface area contributed by atoms with Crippen molar-refractivity contribution in [3.8, 4) is 11.4 Å². The number of rotatable bonds is 4. The van der Waals surface area contributed by atoms with E-state index in [0.29, 0.717) is 19.1 Å². The van der Waals surface area contributed by atoms with Crippen LogP contribution in [-0.2, 0) is 11.3 Å². The third kappa shape index (κ3) is 2.90. The Morgan fingerprint density at radius 2 is 2.35 bits per heavy atom. The highest BCUT2D eigenvalue weighted by atomic mass is 16.5. The van der Waals surface area contributed by atoms with E-state index in [-0.39, 0.29) is 0 Å². The zero-order valence-electron chi connectivity index (χ0n) is 13.1. The van der Waals surface area contributed by atoms with Gasteiger partial charge in [0, 0.05) is 18.7 Å². The third-order valence-corrected chi connectivity index (χ3v) is 4.15. The fourth-order valence-corrected chi connectivity index (χ4v) is 2.95. The van der Waals surface area contributed by atoms with Gasteiger partial charge in [-0.1, -0.05) is 29.8 Å². The van der Waals surface area contributed by atoms with E-state index in [0.717, 1.165) is 30.2 Å². The van der Waals surface area contributed by atoms with Crippen LogP contribution in [0.15, 0.2) is 36.7 Å². The molecule has 1 aliphatic heterocycles.